The molecule has 0 unspecified atom stereocenters. The summed E-state index contributed by atoms with van der Waals surface area (Å²) >= 11 is 0. The summed E-state index contributed by atoms with van der Waals surface area (Å²) in [7, 11) is 2.13. The van der Waals surface area contributed by atoms with E-state index in [9.17, 15) is 0 Å². The third kappa shape index (κ3) is 3.44. The van der Waals surface area contributed by atoms with Gasteiger partial charge in [-0.15, -0.1) is 0 Å². The van der Waals surface area contributed by atoms with Crippen LogP contribution in [0.15, 0.2) is 89.5 Å². The van der Waals surface area contributed by atoms with Crippen molar-refractivity contribution in [2.75, 3.05) is 0 Å². The summed E-state index contributed by atoms with van der Waals surface area (Å²) in [4.78, 5) is 0. The third-order valence-electron chi connectivity index (χ3n) is 7.33. The average Bonchev–Trinajstić information content (AvgIpc) is 3.23. The van der Waals surface area contributed by atoms with Gasteiger partial charge in [-0.3, -0.25) is 0 Å². The van der Waals surface area contributed by atoms with Crippen LogP contribution in [0.1, 0.15) is 36.5 Å². The fraction of sp³-hybridized carbons (Fsp3) is 0.182. The van der Waals surface area contributed by atoms with Gasteiger partial charge in [0, 0.05) is 28.0 Å². The summed E-state index contributed by atoms with van der Waals surface area (Å²) in [5.41, 5.74) is 10.5. The lowest BCUT2D eigenvalue weighted by Gasteiger charge is -2.12. The Morgan fingerprint density at radius 2 is 1.49 bits per heavy atom. The minimum absolute atomic E-state index is 0.463. The maximum absolute atomic E-state index is 6.79. The molecule has 0 spiro atoms. The van der Waals surface area contributed by atoms with Crippen molar-refractivity contribution < 1.29 is 8.98 Å². The SMILES string of the molecule is Cc1c[n+](C)c(-c2c(C)ccc3c2oc2c(-c4ccc5ccccc5c4)cccc23)cc1C(C)C. The van der Waals surface area contributed by atoms with Crippen molar-refractivity contribution in [2.24, 2.45) is 7.05 Å². The molecule has 2 aromatic heterocycles. The second-order valence-corrected chi connectivity index (χ2v) is 10.0. The number of aryl methyl sites for hydroxylation is 3. The maximum atomic E-state index is 6.79. The van der Waals surface area contributed by atoms with Gasteiger partial charge in [0.2, 0.25) is 5.69 Å². The van der Waals surface area contributed by atoms with Crippen LogP contribution in [-0.4, -0.2) is 0 Å². The smallest absolute Gasteiger partial charge is 0.216 e. The van der Waals surface area contributed by atoms with Crippen LogP contribution in [0.25, 0.3) is 55.1 Å². The molecule has 2 heterocycles. The summed E-state index contributed by atoms with van der Waals surface area (Å²) in [5.74, 6) is 0.463. The van der Waals surface area contributed by atoms with E-state index >= 15 is 0 Å². The van der Waals surface area contributed by atoms with E-state index in [1.165, 1.54) is 44.3 Å². The molecule has 0 amide bonds. The first-order valence-electron chi connectivity index (χ1n) is 12.4. The van der Waals surface area contributed by atoms with Gasteiger partial charge in [0.1, 0.15) is 18.2 Å². The highest BCUT2D eigenvalue weighted by Gasteiger charge is 2.23. The fourth-order valence-electron chi connectivity index (χ4n) is 5.53. The molecule has 35 heavy (non-hydrogen) atoms. The number of nitrogens with zero attached hydrogens (tertiary/aromatic N) is 1. The van der Waals surface area contributed by atoms with E-state index in [0.717, 1.165) is 27.5 Å². The molecule has 6 aromatic rings. The van der Waals surface area contributed by atoms with Crippen LogP contribution >= 0.6 is 0 Å². The Morgan fingerprint density at radius 3 is 2.29 bits per heavy atom. The molecule has 0 bridgehead atoms. The Morgan fingerprint density at radius 1 is 0.714 bits per heavy atom. The van der Waals surface area contributed by atoms with Crippen LogP contribution in [0.2, 0.25) is 0 Å². The van der Waals surface area contributed by atoms with E-state index < -0.39 is 0 Å². The normalized spacial score (nSPS) is 11.8. The molecule has 0 N–H and O–H groups in total. The number of pyridine rings is 1. The molecule has 0 fully saturated rings. The van der Waals surface area contributed by atoms with E-state index in [1.54, 1.807) is 0 Å². The molecule has 0 radical (unpaired) electrons. The fourth-order valence-corrected chi connectivity index (χ4v) is 5.53. The predicted octanol–water partition coefficient (Wildman–Crippen LogP) is 8.64. The Labute approximate surface area is 206 Å². The Bertz CT molecular complexity index is 1750. The van der Waals surface area contributed by atoms with E-state index in [-0.39, 0.29) is 0 Å². The van der Waals surface area contributed by atoms with Crippen molar-refractivity contribution >= 4 is 32.7 Å². The molecule has 0 atom stereocenters. The molecule has 2 heteroatoms. The Hall–Kier alpha value is -3.91. The molecule has 2 nitrogen and oxygen atoms in total. The average molecular weight is 457 g/mol. The number of benzene rings is 4. The molecule has 0 aliphatic heterocycles. The number of furan rings is 1. The van der Waals surface area contributed by atoms with Crippen molar-refractivity contribution in [3.05, 3.63) is 102 Å². The molecule has 0 aliphatic carbocycles. The standard InChI is InChI=1S/C33H30NO/c1-20(2)29-18-30(34(5)19-22(29)4)31-21(3)13-16-28-27-12-8-11-26(32(27)35-33(28)31)25-15-14-23-9-6-7-10-24(23)17-25/h6-20H,1-5H3/q+1. The van der Waals surface area contributed by atoms with Gasteiger partial charge < -0.3 is 4.42 Å². The number of aromatic nitrogens is 1. The van der Waals surface area contributed by atoms with E-state index in [2.05, 4.69) is 124 Å². The zero-order valence-corrected chi connectivity index (χ0v) is 21.0. The largest absolute Gasteiger partial charge is 0.454 e. The zero-order valence-electron chi connectivity index (χ0n) is 21.0. The van der Waals surface area contributed by atoms with Gasteiger partial charge in [-0.25, -0.2) is 4.57 Å². The van der Waals surface area contributed by atoms with Crippen LogP contribution in [0.5, 0.6) is 0 Å². The van der Waals surface area contributed by atoms with E-state index in [0.29, 0.717) is 5.92 Å². The van der Waals surface area contributed by atoms with Crippen LogP contribution in [0.3, 0.4) is 0 Å². The number of hydrogen-bond donors (Lipinski definition) is 0. The van der Waals surface area contributed by atoms with Gasteiger partial charge in [0.25, 0.3) is 0 Å². The Kier molecular flexibility index (Phi) is 5.00. The number of hydrogen-bond acceptors (Lipinski definition) is 1. The molecule has 0 saturated heterocycles. The number of para-hydroxylation sites is 1. The van der Waals surface area contributed by atoms with Gasteiger partial charge >= 0.3 is 0 Å². The maximum Gasteiger partial charge on any atom is 0.216 e. The van der Waals surface area contributed by atoms with Crippen LogP contribution in [0, 0.1) is 13.8 Å². The molecule has 0 aliphatic rings. The summed E-state index contributed by atoms with van der Waals surface area (Å²) in [6.45, 7) is 8.90. The quantitative estimate of drug-likeness (QED) is 0.244. The van der Waals surface area contributed by atoms with E-state index in [4.69, 9.17) is 4.42 Å². The molecular formula is C33H30NO+. The zero-order chi connectivity index (χ0) is 24.3. The highest BCUT2D eigenvalue weighted by molar-refractivity contribution is 6.13. The monoisotopic (exact) mass is 456 g/mol. The Balaban J connectivity index is 1.64. The molecule has 172 valence electrons. The van der Waals surface area contributed by atoms with Crippen LogP contribution in [0.4, 0.5) is 0 Å². The lowest BCUT2D eigenvalue weighted by atomic mass is 9.94. The number of fused-ring (bicyclic) bond motifs is 4. The van der Waals surface area contributed by atoms with Crippen molar-refractivity contribution in [1.29, 1.82) is 0 Å². The third-order valence-corrected chi connectivity index (χ3v) is 7.33. The van der Waals surface area contributed by atoms with Crippen molar-refractivity contribution in [3.63, 3.8) is 0 Å². The lowest BCUT2D eigenvalue weighted by Crippen LogP contribution is -2.32. The van der Waals surface area contributed by atoms with Crippen molar-refractivity contribution in [2.45, 2.75) is 33.6 Å². The second kappa shape index (κ2) is 8.09. The van der Waals surface area contributed by atoms with Crippen LogP contribution in [-0.2, 0) is 7.05 Å². The summed E-state index contributed by atoms with van der Waals surface area (Å²) in [6.07, 6.45) is 2.24. The van der Waals surface area contributed by atoms with E-state index in [1.807, 2.05) is 0 Å². The van der Waals surface area contributed by atoms with Crippen LogP contribution < -0.4 is 4.57 Å². The van der Waals surface area contributed by atoms with Gasteiger partial charge in [0.15, 0.2) is 6.20 Å². The highest BCUT2D eigenvalue weighted by atomic mass is 16.3. The van der Waals surface area contributed by atoms with Gasteiger partial charge in [0.05, 0.1) is 5.56 Å². The van der Waals surface area contributed by atoms with Crippen molar-refractivity contribution in [3.8, 4) is 22.4 Å². The van der Waals surface area contributed by atoms with Gasteiger partial charge in [-0.1, -0.05) is 80.6 Å². The molecular weight excluding hydrogens is 426 g/mol. The first-order chi connectivity index (χ1) is 16.9. The second-order valence-electron chi connectivity index (χ2n) is 10.0. The topological polar surface area (TPSA) is 17.0 Å². The summed E-state index contributed by atoms with van der Waals surface area (Å²) in [6, 6.07) is 28.4. The minimum atomic E-state index is 0.463. The first-order valence-corrected chi connectivity index (χ1v) is 12.4. The predicted molar refractivity (Wildman–Crippen MR) is 147 cm³/mol. The lowest BCUT2D eigenvalue weighted by molar-refractivity contribution is -0.660. The summed E-state index contributed by atoms with van der Waals surface area (Å²) in [5, 5.41) is 4.81. The van der Waals surface area contributed by atoms with Gasteiger partial charge in [-0.2, -0.15) is 0 Å². The molecule has 0 saturated carbocycles. The number of rotatable bonds is 3. The highest BCUT2D eigenvalue weighted by Crippen LogP contribution is 2.41. The molecule has 6 rings (SSSR count). The van der Waals surface area contributed by atoms with Gasteiger partial charge in [-0.05, 0) is 53.3 Å². The summed E-state index contributed by atoms with van der Waals surface area (Å²) < 4.78 is 9.03. The van der Waals surface area contributed by atoms with Crippen molar-refractivity contribution in [1.82, 2.24) is 0 Å². The minimum Gasteiger partial charge on any atom is -0.454 e. The first kappa shape index (κ1) is 21.6. The molecule has 4 aromatic carbocycles.